The Hall–Kier alpha value is -2.25. The molecular weight excluding hydrogens is 311 g/mol. The topological polar surface area (TPSA) is 70.2 Å². The van der Waals surface area contributed by atoms with Crippen LogP contribution in [0.15, 0.2) is 24.3 Å². The van der Waals surface area contributed by atoms with Crippen molar-refractivity contribution in [3.8, 4) is 0 Å². The summed E-state index contributed by atoms with van der Waals surface area (Å²) in [7, 11) is 0. The minimum absolute atomic E-state index is 0.0197. The van der Waals surface area contributed by atoms with Crippen LogP contribution in [0.2, 0.25) is 0 Å². The van der Waals surface area contributed by atoms with Crippen molar-refractivity contribution in [1.29, 1.82) is 0 Å². The van der Waals surface area contributed by atoms with Gasteiger partial charge in [0.05, 0.1) is 5.56 Å². The molecule has 128 valence electrons. The van der Waals surface area contributed by atoms with Crippen LogP contribution in [0.3, 0.4) is 0 Å². The predicted octanol–water partition coefficient (Wildman–Crippen LogP) is 2.28. The largest absolute Gasteiger partial charge is 0.416 e. The highest BCUT2D eigenvalue weighted by Crippen LogP contribution is 2.29. The van der Waals surface area contributed by atoms with Crippen molar-refractivity contribution in [2.24, 2.45) is 5.92 Å². The van der Waals surface area contributed by atoms with Gasteiger partial charge in [-0.05, 0) is 17.7 Å². The maximum atomic E-state index is 12.6. The van der Waals surface area contributed by atoms with E-state index in [1.54, 1.807) is 13.8 Å². The molecule has 0 aliphatic carbocycles. The number of carbonyl (C=O) groups excluding carboxylic acids is 2. The van der Waals surface area contributed by atoms with E-state index in [0.717, 1.165) is 12.1 Å². The number of rotatable bonds is 6. The molecule has 0 aromatic heterocycles. The molecule has 1 rings (SSSR count). The van der Waals surface area contributed by atoms with Gasteiger partial charge >= 0.3 is 12.2 Å². The Bertz CT molecular complexity index is 545. The molecular formula is C15H20F3N3O2. The first-order valence-electron chi connectivity index (χ1n) is 7.15. The summed E-state index contributed by atoms with van der Waals surface area (Å²) in [5, 5.41) is 7.59. The molecule has 0 radical (unpaired) electrons. The summed E-state index contributed by atoms with van der Waals surface area (Å²) in [6, 6.07) is 4.24. The van der Waals surface area contributed by atoms with E-state index in [1.165, 1.54) is 12.1 Å². The maximum Gasteiger partial charge on any atom is 0.416 e. The lowest BCUT2D eigenvalue weighted by Crippen LogP contribution is -2.40. The molecule has 0 unspecified atom stereocenters. The number of hydrogen-bond donors (Lipinski definition) is 3. The summed E-state index contributed by atoms with van der Waals surface area (Å²) < 4.78 is 37.7. The lowest BCUT2D eigenvalue weighted by atomic mass is 10.1. The predicted molar refractivity (Wildman–Crippen MR) is 79.5 cm³/mol. The van der Waals surface area contributed by atoms with E-state index in [1.807, 2.05) is 0 Å². The molecule has 0 heterocycles. The van der Waals surface area contributed by atoms with Crippen molar-refractivity contribution in [2.75, 3.05) is 13.1 Å². The Morgan fingerprint density at radius 3 is 2.35 bits per heavy atom. The van der Waals surface area contributed by atoms with Crippen LogP contribution in [0.4, 0.5) is 18.0 Å². The zero-order valence-electron chi connectivity index (χ0n) is 13.0. The summed E-state index contributed by atoms with van der Waals surface area (Å²) in [5.74, 6) is -0.249. The number of halogens is 3. The second-order valence-corrected chi connectivity index (χ2v) is 5.25. The van der Waals surface area contributed by atoms with Gasteiger partial charge in [-0.25, -0.2) is 4.79 Å². The van der Waals surface area contributed by atoms with Crippen LogP contribution in [0, 0.1) is 5.92 Å². The molecule has 0 spiro atoms. The Morgan fingerprint density at radius 2 is 1.74 bits per heavy atom. The second-order valence-electron chi connectivity index (χ2n) is 5.25. The molecule has 0 aliphatic rings. The number of nitrogens with one attached hydrogen (secondary N) is 3. The van der Waals surface area contributed by atoms with Gasteiger partial charge in [-0.1, -0.05) is 26.0 Å². The van der Waals surface area contributed by atoms with Gasteiger partial charge in [0.1, 0.15) is 0 Å². The van der Waals surface area contributed by atoms with Crippen LogP contribution in [0.1, 0.15) is 25.0 Å². The van der Waals surface area contributed by atoms with Gasteiger partial charge in [-0.2, -0.15) is 13.2 Å². The monoisotopic (exact) mass is 331 g/mol. The van der Waals surface area contributed by atoms with Crippen LogP contribution >= 0.6 is 0 Å². The van der Waals surface area contributed by atoms with Crippen molar-refractivity contribution in [3.05, 3.63) is 35.4 Å². The molecule has 0 saturated heterocycles. The maximum absolute atomic E-state index is 12.6. The van der Waals surface area contributed by atoms with Crippen LogP contribution < -0.4 is 16.0 Å². The van der Waals surface area contributed by atoms with Crippen molar-refractivity contribution in [1.82, 2.24) is 16.0 Å². The van der Waals surface area contributed by atoms with Gasteiger partial charge in [0, 0.05) is 25.6 Å². The van der Waals surface area contributed by atoms with Gasteiger partial charge in [0.25, 0.3) is 0 Å². The Labute approximate surface area is 132 Å². The van der Waals surface area contributed by atoms with E-state index in [-0.39, 0.29) is 31.5 Å². The first-order chi connectivity index (χ1) is 10.7. The standard InChI is InChI=1S/C15H20F3N3O2/c1-10(2)13(22)19-6-7-20-14(23)21-9-11-4-3-5-12(8-11)15(16,17)18/h3-5,8,10H,6-7,9H2,1-2H3,(H,19,22)(H2,20,21,23). The summed E-state index contributed by atoms with van der Waals surface area (Å²) in [6.45, 7) is 4.00. The summed E-state index contributed by atoms with van der Waals surface area (Å²) in [5.41, 5.74) is -0.406. The fourth-order valence-electron chi connectivity index (χ4n) is 1.67. The Morgan fingerprint density at radius 1 is 1.09 bits per heavy atom. The minimum atomic E-state index is -4.41. The van der Waals surface area contributed by atoms with E-state index in [0.29, 0.717) is 5.56 Å². The van der Waals surface area contributed by atoms with E-state index >= 15 is 0 Å². The van der Waals surface area contributed by atoms with Crippen molar-refractivity contribution < 1.29 is 22.8 Å². The van der Waals surface area contributed by atoms with E-state index < -0.39 is 17.8 Å². The van der Waals surface area contributed by atoms with Gasteiger partial charge in [0.15, 0.2) is 0 Å². The van der Waals surface area contributed by atoms with Gasteiger partial charge in [0.2, 0.25) is 5.91 Å². The normalized spacial score (nSPS) is 11.2. The SMILES string of the molecule is CC(C)C(=O)NCCNC(=O)NCc1cccc(C(F)(F)F)c1. The molecule has 8 heteroatoms. The molecule has 1 aromatic rings. The molecule has 23 heavy (non-hydrogen) atoms. The number of benzene rings is 1. The minimum Gasteiger partial charge on any atom is -0.354 e. The number of amides is 3. The number of carbonyl (C=O) groups is 2. The van der Waals surface area contributed by atoms with Crippen molar-refractivity contribution in [2.45, 2.75) is 26.6 Å². The smallest absolute Gasteiger partial charge is 0.354 e. The van der Waals surface area contributed by atoms with E-state index in [4.69, 9.17) is 0 Å². The summed E-state index contributed by atoms with van der Waals surface area (Å²) >= 11 is 0. The summed E-state index contributed by atoms with van der Waals surface area (Å²) in [6.07, 6.45) is -4.41. The first-order valence-corrected chi connectivity index (χ1v) is 7.15. The lowest BCUT2D eigenvalue weighted by Gasteiger charge is -2.11. The molecule has 1 aromatic carbocycles. The third-order valence-electron chi connectivity index (χ3n) is 2.94. The van der Waals surface area contributed by atoms with Gasteiger partial charge in [-0.15, -0.1) is 0 Å². The lowest BCUT2D eigenvalue weighted by molar-refractivity contribution is -0.137. The highest BCUT2D eigenvalue weighted by molar-refractivity contribution is 5.78. The zero-order valence-corrected chi connectivity index (χ0v) is 13.0. The molecule has 0 aliphatic heterocycles. The highest BCUT2D eigenvalue weighted by Gasteiger charge is 2.30. The molecule has 0 bridgehead atoms. The number of hydrogen-bond acceptors (Lipinski definition) is 2. The third kappa shape index (κ3) is 7.03. The molecule has 0 fully saturated rings. The fraction of sp³-hybridized carbons (Fsp3) is 0.467. The number of alkyl halides is 3. The van der Waals surface area contributed by atoms with Gasteiger partial charge in [-0.3, -0.25) is 4.79 Å². The van der Waals surface area contributed by atoms with Crippen LogP contribution in [-0.2, 0) is 17.5 Å². The summed E-state index contributed by atoms with van der Waals surface area (Å²) in [4.78, 5) is 22.8. The Balaban J connectivity index is 2.33. The van der Waals surface area contributed by atoms with E-state index in [2.05, 4.69) is 16.0 Å². The molecule has 5 nitrogen and oxygen atoms in total. The Kier molecular flexibility index (Phi) is 6.87. The van der Waals surface area contributed by atoms with Crippen molar-refractivity contribution >= 4 is 11.9 Å². The highest BCUT2D eigenvalue weighted by atomic mass is 19.4. The van der Waals surface area contributed by atoms with Crippen molar-refractivity contribution in [3.63, 3.8) is 0 Å². The fourth-order valence-corrected chi connectivity index (χ4v) is 1.67. The van der Waals surface area contributed by atoms with Crippen LogP contribution in [0.5, 0.6) is 0 Å². The second kappa shape index (κ2) is 8.40. The average molecular weight is 331 g/mol. The first kappa shape index (κ1) is 18.8. The molecule has 0 saturated carbocycles. The average Bonchev–Trinajstić information content (AvgIpc) is 2.48. The van der Waals surface area contributed by atoms with Gasteiger partial charge < -0.3 is 16.0 Å². The number of urea groups is 1. The van der Waals surface area contributed by atoms with Crippen LogP contribution in [0.25, 0.3) is 0 Å². The molecule has 3 amide bonds. The molecule has 3 N–H and O–H groups in total. The van der Waals surface area contributed by atoms with E-state index in [9.17, 15) is 22.8 Å². The zero-order chi connectivity index (χ0) is 17.5. The van der Waals surface area contributed by atoms with Crippen LogP contribution in [-0.4, -0.2) is 25.0 Å². The molecule has 0 atom stereocenters. The quantitative estimate of drug-likeness (QED) is 0.700. The third-order valence-corrected chi connectivity index (χ3v) is 2.94.